The molecule has 56 heavy (non-hydrogen) atoms. The van der Waals surface area contributed by atoms with E-state index in [1.54, 1.807) is 44.2 Å². The van der Waals surface area contributed by atoms with Crippen LogP contribution >= 0.6 is 0 Å². The summed E-state index contributed by atoms with van der Waals surface area (Å²) in [4.78, 5) is 2.92. The molecule has 1 aromatic heterocycles. The molecule has 0 spiro atoms. The summed E-state index contributed by atoms with van der Waals surface area (Å²) in [5.41, 5.74) is 11.2. The fourth-order valence-corrected chi connectivity index (χ4v) is 13.4. The Morgan fingerprint density at radius 2 is 1.59 bits per heavy atom. The zero-order chi connectivity index (χ0) is 37.0. The van der Waals surface area contributed by atoms with Crippen molar-refractivity contribution in [2.75, 3.05) is 4.90 Å². The molecule has 2 fully saturated rings. The third-order valence-corrected chi connectivity index (χ3v) is 16.3. The van der Waals surface area contributed by atoms with E-state index in [0.717, 1.165) is 11.8 Å². The Labute approximate surface area is 336 Å². The quantitative estimate of drug-likeness (QED) is 0.268. The molecule has 9 aliphatic rings. The molecule has 2 nitrogen and oxygen atoms in total. The lowest BCUT2D eigenvalue weighted by Crippen LogP contribution is -2.45. The summed E-state index contributed by atoms with van der Waals surface area (Å²) in [6.07, 6.45) is 58.0. The molecule has 2 saturated carbocycles. The number of fused-ring (bicyclic) bond motifs is 6. The van der Waals surface area contributed by atoms with Crippen LogP contribution in [0, 0.1) is 29.6 Å². The van der Waals surface area contributed by atoms with Gasteiger partial charge in [0.25, 0.3) is 0 Å². The Morgan fingerprint density at radius 1 is 0.696 bits per heavy atom. The maximum Gasteiger partial charge on any atom is 0.0557 e. The minimum absolute atomic E-state index is 0.482. The fraction of sp³-hybridized carbons (Fsp3) is 0.519. The molecule has 6 atom stereocenters. The van der Waals surface area contributed by atoms with E-state index < -0.39 is 0 Å². The van der Waals surface area contributed by atoms with Crippen LogP contribution in [-0.2, 0) is 12.8 Å². The molecule has 8 aliphatic carbocycles. The predicted octanol–water partition coefficient (Wildman–Crippen LogP) is 11.8. The predicted molar refractivity (Wildman–Crippen MR) is 235 cm³/mol. The smallest absolute Gasteiger partial charge is 0.0557 e. The number of nitrogens with zero attached hydrogens (tertiary/aromatic N) is 2. The van der Waals surface area contributed by atoms with Gasteiger partial charge in [-0.1, -0.05) is 116 Å². The first-order valence-corrected chi connectivity index (χ1v) is 23.4. The molecule has 1 aliphatic heterocycles. The highest BCUT2D eigenvalue weighted by atomic mass is 15.2. The molecule has 0 N–H and O–H groups in total. The van der Waals surface area contributed by atoms with Gasteiger partial charge in [-0.25, -0.2) is 0 Å². The highest BCUT2D eigenvalue weighted by Crippen LogP contribution is 2.52. The number of rotatable bonds is 6. The monoisotopic (exact) mass is 741 g/mol. The minimum atomic E-state index is 0.482. The van der Waals surface area contributed by atoms with Gasteiger partial charge in [0, 0.05) is 28.7 Å². The summed E-state index contributed by atoms with van der Waals surface area (Å²) in [6.45, 7) is 0. The average Bonchev–Trinajstić information content (AvgIpc) is 3.79. The molecule has 0 saturated heterocycles. The second kappa shape index (κ2) is 15.2. The Balaban J connectivity index is 0.809. The molecule has 11 rings (SSSR count). The van der Waals surface area contributed by atoms with Crippen LogP contribution in [0.5, 0.6) is 0 Å². The van der Waals surface area contributed by atoms with Gasteiger partial charge in [-0.2, -0.15) is 0 Å². The lowest BCUT2D eigenvalue weighted by atomic mass is 9.72. The van der Waals surface area contributed by atoms with Gasteiger partial charge in [0.05, 0.1) is 12.1 Å². The van der Waals surface area contributed by atoms with E-state index in [0.29, 0.717) is 41.8 Å². The highest BCUT2D eigenvalue weighted by Gasteiger charge is 2.44. The van der Waals surface area contributed by atoms with Crippen molar-refractivity contribution in [2.24, 2.45) is 29.6 Å². The molecule has 0 radical (unpaired) electrons. The van der Waals surface area contributed by atoms with E-state index in [2.05, 4.69) is 113 Å². The molecule has 1 aromatic carbocycles. The van der Waals surface area contributed by atoms with Gasteiger partial charge < -0.3 is 9.47 Å². The standard InChI is InChI=1S/C54H64N2/c1-3-12-37(13-4-1)39-22-28-45(29-23-39)55-51-20-9-7-18-47(51)49-35-43(26-32-53(49)55)44-27-33-54-50(36-44)48-19-8-10-21-52(48)56(54)46-30-24-40(25-31-46)42-17-11-16-41(34-42)38-14-5-2-6-15-38/h5,8,10-11,14-17,19,21-23,27-28,32-33,35,37,40,42-46,50,54H,1-4,6-7,9,12-13,18,20,24-26,29-31,34,36H2. The van der Waals surface area contributed by atoms with E-state index in [9.17, 15) is 0 Å². The molecular formula is C54H64N2. The van der Waals surface area contributed by atoms with Gasteiger partial charge in [0.2, 0.25) is 0 Å². The first kappa shape index (κ1) is 35.4. The van der Waals surface area contributed by atoms with Crippen molar-refractivity contribution in [1.29, 1.82) is 0 Å². The minimum Gasteiger partial charge on any atom is -0.361 e. The molecular weight excluding hydrogens is 677 g/mol. The van der Waals surface area contributed by atoms with E-state index in [1.165, 1.54) is 128 Å². The van der Waals surface area contributed by atoms with Crippen molar-refractivity contribution >= 4 is 17.8 Å². The Kier molecular flexibility index (Phi) is 9.60. The number of hydrogen-bond donors (Lipinski definition) is 0. The Bertz CT molecular complexity index is 2160. The Morgan fingerprint density at radius 3 is 2.45 bits per heavy atom. The van der Waals surface area contributed by atoms with Gasteiger partial charge in [0.1, 0.15) is 0 Å². The summed E-state index contributed by atoms with van der Waals surface area (Å²) in [5.74, 6) is 4.13. The summed E-state index contributed by atoms with van der Waals surface area (Å²) >= 11 is 0. The largest absolute Gasteiger partial charge is 0.361 e. The summed E-state index contributed by atoms with van der Waals surface area (Å²) in [6, 6.07) is 11.2. The number of anilines is 1. The SMILES string of the molecule is C1=CC(C2CCC(N3c4ccccc4C4CC(C5C=c6c7c(n(C8C=CC(C9CCCCC9)=CC8)c6=CC5)CCCC7)C=CC43)CC2)CC(C2=CCCC=C2)=C1. The first-order chi connectivity index (χ1) is 27.8. The molecule has 0 amide bonds. The van der Waals surface area contributed by atoms with Gasteiger partial charge in [-0.15, -0.1) is 0 Å². The Hall–Kier alpha value is -3.78. The zero-order valence-corrected chi connectivity index (χ0v) is 33.8. The summed E-state index contributed by atoms with van der Waals surface area (Å²) in [7, 11) is 0. The van der Waals surface area contributed by atoms with Crippen LogP contribution in [0.4, 0.5) is 5.69 Å². The lowest BCUT2D eigenvalue weighted by Gasteiger charge is -2.43. The van der Waals surface area contributed by atoms with Gasteiger partial charge >= 0.3 is 0 Å². The first-order valence-electron chi connectivity index (χ1n) is 23.4. The van der Waals surface area contributed by atoms with Crippen LogP contribution in [0.1, 0.15) is 138 Å². The van der Waals surface area contributed by atoms with Crippen molar-refractivity contribution in [3.8, 4) is 0 Å². The van der Waals surface area contributed by atoms with Crippen LogP contribution in [0.25, 0.3) is 12.2 Å². The number of allylic oxidation sites excluding steroid dienone is 13. The van der Waals surface area contributed by atoms with Crippen LogP contribution in [0.15, 0.2) is 108 Å². The van der Waals surface area contributed by atoms with Crippen molar-refractivity contribution in [3.63, 3.8) is 0 Å². The second-order valence-corrected chi connectivity index (χ2v) is 19.3. The van der Waals surface area contributed by atoms with E-state index in [-0.39, 0.29) is 0 Å². The van der Waals surface area contributed by atoms with Gasteiger partial charge in [-0.05, 0) is 171 Å². The molecule has 2 heteroatoms. The van der Waals surface area contributed by atoms with Crippen molar-refractivity contribution in [1.82, 2.24) is 4.57 Å². The maximum atomic E-state index is 2.92. The molecule has 6 unspecified atom stereocenters. The third kappa shape index (κ3) is 6.37. The van der Waals surface area contributed by atoms with Crippen LogP contribution < -0.4 is 15.5 Å². The highest BCUT2D eigenvalue weighted by molar-refractivity contribution is 5.65. The van der Waals surface area contributed by atoms with Crippen molar-refractivity contribution < 1.29 is 0 Å². The molecule has 2 aromatic rings. The average molecular weight is 741 g/mol. The van der Waals surface area contributed by atoms with Crippen molar-refractivity contribution in [3.05, 3.63) is 135 Å². The maximum absolute atomic E-state index is 2.92. The van der Waals surface area contributed by atoms with Crippen LogP contribution in [0.2, 0.25) is 0 Å². The molecule has 0 bridgehead atoms. The van der Waals surface area contributed by atoms with E-state index in [1.807, 2.05) is 0 Å². The van der Waals surface area contributed by atoms with Gasteiger partial charge in [0.15, 0.2) is 0 Å². The zero-order valence-electron chi connectivity index (χ0n) is 33.8. The van der Waals surface area contributed by atoms with E-state index in [4.69, 9.17) is 0 Å². The summed E-state index contributed by atoms with van der Waals surface area (Å²) < 4.78 is 2.82. The van der Waals surface area contributed by atoms with Crippen LogP contribution in [-0.4, -0.2) is 16.7 Å². The van der Waals surface area contributed by atoms with Crippen LogP contribution in [0.3, 0.4) is 0 Å². The number of aromatic nitrogens is 1. The van der Waals surface area contributed by atoms with Gasteiger partial charge in [-0.3, -0.25) is 0 Å². The van der Waals surface area contributed by atoms with Crippen molar-refractivity contribution in [2.45, 2.75) is 146 Å². The summed E-state index contributed by atoms with van der Waals surface area (Å²) in [5, 5.41) is 3.18. The molecule has 290 valence electrons. The number of hydrogen-bond acceptors (Lipinski definition) is 1. The third-order valence-electron chi connectivity index (χ3n) is 16.3. The lowest BCUT2D eigenvalue weighted by molar-refractivity contribution is 0.251. The molecule has 2 heterocycles. The fourth-order valence-electron chi connectivity index (χ4n) is 13.4. The number of para-hydroxylation sites is 1. The van der Waals surface area contributed by atoms with E-state index >= 15 is 0 Å². The second-order valence-electron chi connectivity index (χ2n) is 19.3. The normalized spacial score (nSPS) is 33.6. The topological polar surface area (TPSA) is 8.17 Å². The number of benzene rings is 1.